The number of anilines is 1. The van der Waals surface area contributed by atoms with Crippen molar-refractivity contribution in [3.63, 3.8) is 0 Å². The minimum atomic E-state index is -0.0623. The zero-order valence-corrected chi connectivity index (χ0v) is 13.3. The van der Waals surface area contributed by atoms with Gasteiger partial charge in [0.2, 0.25) is 5.91 Å². The topological polar surface area (TPSA) is 70.2 Å². The molecule has 0 saturated carbocycles. The molecular weight excluding hydrogens is 278 g/mol. The molecule has 0 aliphatic carbocycles. The third kappa shape index (κ3) is 4.84. The van der Waals surface area contributed by atoms with Crippen molar-refractivity contribution in [1.29, 1.82) is 0 Å². The van der Waals surface area contributed by atoms with E-state index in [0.29, 0.717) is 23.7 Å². The lowest BCUT2D eigenvalue weighted by atomic mass is 10.1. The lowest BCUT2D eigenvalue weighted by Crippen LogP contribution is -2.26. The maximum atomic E-state index is 12.0. The summed E-state index contributed by atoms with van der Waals surface area (Å²) in [6.45, 7) is 6.54. The van der Waals surface area contributed by atoms with Gasteiger partial charge in [0.25, 0.3) is 5.91 Å². The molecule has 1 aromatic carbocycles. The van der Waals surface area contributed by atoms with Gasteiger partial charge in [0.15, 0.2) is 0 Å². The fraction of sp³-hybridized carbons (Fsp3) is 0.529. The largest absolute Gasteiger partial charge is 0.352 e. The van der Waals surface area contributed by atoms with Crippen molar-refractivity contribution in [1.82, 2.24) is 10.6 Å². The molecule has 1 unspecified atom stereocenters. The second kappa shape index (κ2) is 7.94. The molecule has 120 valence electrons. The van der Waals surface area contributed by atoms with Crippen LogP contribution in [-0.2, 0) is 4.79 Å². The molecule has 1 fully saturated rings. The average molecular weight is 303 g/mol. The van der Waals surface area contributed by atoms with E-state index in [1.807, 2.05) is 13.8 Å². The van der Waals surface area contributed by atoms with Crippen LogP contribution in [0.1, 0.15) is 37.0 Å². The molecular formula is C17H25N3O2. The lowest BCUT2D eigenvalue weighted by molar-refractivity contribution is -0.118. The Morgan fingerprint density at radius 2 is 2.00 bits per heavy atom. The molecule has 0 bridgehead atoms. The summed E-state index contributed by atoms with van der Waals surface area (Å²) in [5, 5.41) is 9.08. The first-order chi connectivity index (χ1) is 10.6. The highest BCUT2D eigenvalue weighted by molar-refractivity contribution is 5.96. The molecule has 5 nitrogen and oxygen atoms in total. The van der Waals surface area contributed by atoms with Crippen LogP contribution in [0.4, 0.5) is 5.69 Å². The smallest absolute Gasteiger partial charge is 0.251 e. The van der Waals surface area contributed by atoms with E-state index in [1.54, 1.807) is 24.3 Å². The number of hydrogen-bond acceptors (Lipinski definition) is 3. The molecule has 1 atom stereocenters. The predicted octanol–water partition coefficient (Wildman–Crippen LogP) is 2.01. The van der Waals surface area contributed by atoms with Gasteiger partial charge >= 0.3 is 0 Å². The van der Waals surface area contributed by atoms with Crippen molar-refractivity contribution < 1.29 is 9.59 Å². The maximum absolute atomic E-state index is 12.0. The van der Waals surface area contributed by atoms with Gasteiger partial charge in [0, 0.05) is 23.7 Å². The maximum Gasteiger partial charge on any atom is 0.251 e. The van der Waals surface area contributed by atoms with Gasteiger partial charge in [-0.1, -0.05) is 13.8 Å². The Balaban J connectivity index is 1.78. The highest BCUT2D eigenvalue weighted by Crippen LogP contribution is 2.12. The molecule has 5 heteroatoms. The molecule has 1 aliphatic heterocycles. The van der Waals surface area contributed by atoms with Crippen molar-refractivity contribution in [3.8, 4) is 0 Å². The van der Waals surface area contributed by atoms with E-state index in [9.17, 15) is 9.59 Å². The van der Waals surface area contributed by atoms with Gasteiger partial charge in [-0.05, 0) is 56.1 Å². The Morgan fingerprint density at radius 1 is 1.27 bits per heavy atom. The monoisotopic (exact) mass is 303 g/mol. The Kier molecular flexibility index (Phi) is 5.95. The standard InChI is InChI=1S/C17H25N3O2/c1-12(2)16(21)20-15-5-3-14(4-6-15)17(22)19-10-8-13-7-9-18-11-13/h3-6,12-13,18H,7-11H2,1-2H3,(H,19,22)(H,20,21). The summed E-state index contributed by atoms with van der Waals surface area (Å²) >= 11 is 0. The Labute approximate surface area is 131 Å². The van der Waals surface area contributed by atoms with E-state index in [0.717, 1.165) is 19.5 Å². The number of hydrogen-bond donors (Lipinski definition) is 3. The molecule has 1 heterocycles. The first-order valence-electron chi connectivity index (χ1n) is 7.96. The number of carbonyl (C=O) groups excluding carboxylic acids is 2. The normalized spacial score (nSPS) is 17.5. The van der Waals surface area contributed by atoms with Gasteiger partial charge in [-0.3, -0.25) is 9.59 Å². The third-order valence-electron chi connectivity index (χ3n) is 3.94. The molecule has 2 rings (SSSR count). The SMILES string of the molecule is CC(C)C(=O)Nc1ccc(C(=O)NCCC2CCNC2)cc1. The van der Waals surface area contributed by atoms with Crippen LogP contribution in [0.5, 0.6) is 0 Å². The number of carbonyl (C=O) groups is 2. The van der Waals surface area contributed by atoms with Crippen LogP contribution in [0.2, 0.25) is 0 Å². The molecule has 0 spiro atoms. The molecule has 1 aromatic rings. The second-order valence-corrected chi connectivity index (χ2v) is 6.12. The minimum Gasteiger partial charge on any atom is -0.352 e. The highest BCUT2D eigenvalue weighted by atomic mass is 16.2. The lowest BCUT2D eigenvalue weighted by Gasteiger charge is -2.10. The molecule has 2 amide bonds. The fourth-order valence-corrected chi connectivity index (χ4v) is 2.44. The van der Waals surface area contributed by atoms with Crippen LogP contribution in [0.25, 0.3) is 0 Å². The van der Waals surface area contributed by atoms with Crippen LogP contribution >= 0.6 is 0 Å². The quantitative estimate of drug-likeness (QED) is 0.753. The van der Waals surface area contributed by atoms with Crippen LogP contribution in [-0.4, -0.2) is 31.4 Å². The van der Waals surface area contributed by atoms with E-state index in [1.165, 1.54) is 6.42 Å². The van der Waals surface area contributed by atoms with E-state index in [2.05, 4.69) is 16.0 Å². The van der Waals surface area contributed by atoms with Gasteiger partial charge in [0.1, 0.15) is 0 Å². The van der Waals surface area contributed by atoms with E-state index in [4.69, 9.17) is 0 Å². The zero-order chi connectivity index (χ0) is 15.9. The first kappa shape index (κ1) is 16.5. The average Bonchev–Trinajstić information content (AvgIpc) is 3.01. The molecule has 0 aromatic heterocycles. The molecule has 1 saturated heterocycles. The van der Waals surface area contributed by atoms with Crippen molar-refractivity contribution in [2.24, 2.45) is 11.8 Å². The summed E-state index contributed by atoms with van der Waals surface area (Å²) in [6.07, 6.45) is 2.21. The van der Waals surface area contributed by atoms with Gasteiger partial charge in [-0.2, -0.15) is 0 Å². The summed E-state index contributed by atoms with van der Waals surface area (Å²) in [6, 6.07) is 7.00. The molecule has 1 aliphatic rings. The summed E-state index contributed by atoms with van der Waals surface area (Å²) in [4.78, 5) is 23.6. The molecule has 3 N–H and O–H groups in total. The zero-order valence-electron chi connectivity index (χ0n) is 13.3. The molecule has 0 radical (unpaired) electrons. The highest BCUT2D eigenvalue weighted by Gasteiger charge is 2.14. The molecule has 22 heavy (non-hydrogen) atoms. The van der Waals surface area contributed by atoms with Crippen molar-refractivity contribution in [2.75, 3.05) is 25.0 Å². The predicted molar refractivity (Wildman–Crippen MR) is 87.8 cm³/mol. The summed E-state index contributed by atoms with van der Waals surface area (Å²) in [5.74, 6) is 0.525. The van der Waals surface area contributed by atoms with Gasteiger partial charge in [0.05, 0.1) is 0 Å². The van der Waals surface area contributed by atoms with Crippen LogP contribution in [0, 0.1) is 11.8 Å². The summed E-state index contributed by atoms with van der Waals surface area (Å²) in [5.41, 5.74) is 1.33. The Morgan fingerprint density at radius 3 is 2.59 bits per heavy atom. The fourth-order valence-electron chi connectivity index (χ4n) is 2.44. The van der Waals surface area contributed by atoms with Crippen LogP contribution in [0.3, 0.4) is 0 Å². The summed E-state index contributed by atoms with van der Waals surface area (Å²) < 4.78 is 0. The minimum absolute atomic E-state index is 0.0256. The third-order valence-corrected chi connectivity index (χ3v) is 3.94. The number of amides is 2. The van der Waals surface area contributed by atoms with Crippen molar-refractivity contribution in [3.05, 3.63) is 29.8 Å². The van der Waals surface area contributed by atoms with Crippen molar-refractivity contribution in [2.45, 2.75) is 26.7 Å². The van der Waals surface area contributed by atoms with Gasteiger partial charge in [-0.25, -0.2) is 0 Å². The van der Waals surface area contributed by atoms with Gasteiger partial charge < -0.3 is 16.0 Å². The Hall–Kier alpha value is -1.88. The van der Waals surface area contributed by atoms with E-state index < -0.39 is 0 Å². The Bertz CT molecular complexity index is 505. The van der Waals surface area contributed by atoms with Crippen LogP contribution in [0.15, 0.2) is 24.3 Å². The van der Waals surface area contributed by atoms with E-state index in [-0.39, 0.29) is 17.7 Å². The van der Waals surface area contributed by atoms with Crippen molar-refractivity contribution >= 4 is 17.5 Å². The second-order valence-electron chi connectivity index (χ2n) is 6.12. The number of rotatable bonds is 6. The van der Waals surface area contributed by atoms with E-state index >= 15 is 0 Å². The summed E-state index contributed by atoms with van der Waals surface area (Å²) in [7, 11) is 0. The van der Waals surface area contributed by atoms with Gasteiger partial charge in [-0.15, -0.1) is 0 Å². The van der Waals surface area contributed by atoms with Crippen LogP contribution < -0.4 is 16.0 Å². The number of benzene rings is 1. The number of nitrogens with one attached hydrogen (secondary N) is 3. The first-order valence-corrected chi connectivity index (χ1v) is 7.96.